The molecule has 0 aliphatic rings. The van der Waals surface area contributed by atoms with Gasteiger partial charge in [-0.05, 0) is 12.1 Å². The first kappa shape index (κ1) is 12.6. The van der Waals surface area contributed by atoms with Gasteiger partial charge in [-0.3, -0.25) is 4.79 Å². The molecule has 3 N–H and O–H groups in total. The van der Waals surface area contributed by atoms with Gasteiger partial charge < -0.3 is 11.1 Å². The lowest BCUT2D eigenvalue weighted by atomic mass is 10.2. The van der Waals surface area contributed by atoms with Crippen LogP contribution in [0.25, 0.3) is 0 Å². The van der Waals surface area contributed by atoms with Crippen LogP contribution >= 0.6 is 11.8 Å². The van der Waals surface area contributed by atoms with Crippen molar-refractivity contribution >= 4 is 23.4 Å². The van der Waals surface area contributed by atoms with Crippen LogP contribution in [0, 0.1) is 11.3 Å². The third-order valence-electron chi connectivity index (χ3n) is 1.82. The third-order valence-corrected chi connectivity index (χ3v) is 2.81. The number of nitrogens with two attached hydrogens (primary N) is 1. The summed E-state index contributed by atoms with van der Waals surface area (Å²) < 4.78 is 0. The van der Waals surface area contributed by atoms with Crippen molar-refractivity contribution in [1.29, 1.82) is 5.26 Å². The average molecular weight is 235 g/mol. The number of thioether (sulfide) groups is 1. The van der Waals surface area contributed by atoms with E-state index in [-0.39, 0.29) is 5.91 Å². The largest absolute Gasteiger partial charge is 0.330 e. The normalized spacial score (nSPS) is 9.50. The summed E-state index contributed by atoms with van der Waals surface area (Å²) in [4.78, 5) is 11.5. The summed E-state index contributed by atoms with van der Waals surface area (Å²) in [7, 11) is 0. The summed E-state index contributed by atoms with van der Waals surface area (Å²) in [6.07, 6.45) is 0. The molecule has 0 aliphatic carbocycles. The molecule has 1 aromatic carbocycles. The van der Waals surface area contributed by atoms with E-state index in [1.807, 2.05) is 6.07 Å². The first-order valence-corrected chi connectivity index (χ1v) is 6.00. The van der Waals surface area contributed by atoms with Gasteiger partial charge in [-0.25, -0.2) is 0 Å². The number of amides is 1. The molecule has 0 saturated heterocycles. The number of nitriles is 1. The molecule has 5 heteroatoms. The third kappa shape index (κ3) is 3.93. The van der Waals surface area contributed by atoms with Crippen molar-refractivity contribution < 1.29 is 4.79 Å². The number of rotatable bonds is 5. The lowest BCUT2D eigenvalue weighted by molar-refractivity contribution is -0.113. The van der Waals surface area contributed by atoms with E-state index < -0.39 is 0 Å². The molecule has 0 atom stereocenters. The number of carbonyl (C=O) groups is 1. The number of hydrogen-bond acceptors (Lipinski definition) is 4. The first-order valence-electron chi connectivity index (χ1n) is 4.84. The second-order valence-electron chi connectivity index (χ2n) is 3.05. The first-order chi connectivity index (χ1) is 7.77. The number of para-hydroxylation sites is 1. The summed E-state index contributed by atoms with van der Waals surface area (Å²) in [5, 5.41) is 11.5. The zero-order chi connectivity index (χ0) is 11.8. The predicted molar refractivity (Wildman–Crippen MR) is 66.2 cm³/mol. The summed E-state index contributed by atoms with van der Waals surface area (Å²) in [5.41, 5.74) is 6.35. The second kappa shape index (κ2) is 6.88. The predicted octanol–water partition coefficient (Wildman–Crippen LogP) is 1.19. The Kier molecular flexibility index (Phi) is 5.40. The number of carbonyl (C=O) groups excluding carboxylic acids is 1. The van der Waals surface area contributed by atoms with Crippen LogP contribution in [-0.4, -0.2) is 24.0 Å². The van der Waals surface area contributed by atoms with E-state index in [0.717, 1.165) is 5.75 Å². The molecule has 0 radical (unpaired) electrons. The van der Waals surface area contributed by atoms with Crippen LogP contribution in [0.1, 0.15) is 5.56 Å². The SMILES string of the molecule is N#Cc1ccccc1NC(=O)CSCCN. The molecule has 4 nitrogen and oxygen atoms in total. The van der Waals surface area contributed by atoms with E-state index >= 15 is 0 Å². The topological polar surface area (TPSA) is 78.9 Å². The van der Waals surface area contributed by atoms with Gasteiger partial charge in [0.25, 0.3) is 0 Å². The molecule has 0 bridgehead atoms. The minimum absolute atomic E-state index is 0.110. The van der Waals surface area contributed by atoms with Gasteiger partial charge in [0, 0.05) is 12.3 Å². The molecule has 1 amide bonds. The molecule has 16 heavy (non-hydrogen) atoms. The van der Waals surface area contributed by atoms with Crippen molar-refractivity contribution in [2.75, 3.05) is 23.4 Å². The quantitative estimate of drug-likeness (QED) is 0.751. The summed E-state index contributed by atoms with van der Waals surface area (Å²) in [6.45, 7) is 0.562. The minimum atomic E-state index is -0.110. The van der Waals surface area contributed by atoms with Crippen LogP contribution in [-0.2, 0) is 4.79 Å². The summed E-state index contributed by atoms with van der Waals surface area (Å²) in [5.74, 6) is 1.01. The van der Waals surface area contributed by atoms with Gasteiger partial charge in [0.05, 0.1) is 17.0 Å². The van der Waals surface area contributed by atoms with Crippen LogP contribution in [0.15, 0.2) is 24.3 Å². The van der Waals surface area contributed by atoms with Crippen molar-refractivity contribution in [3.05, 3.63) is 29.8 Å². The van der Waals surface area contributed by atoms with Crippen molar-refractivity contribution in [2.24, 2.45) is 5.73 Å². The molecule has 84 valence electrons. The standard InChI is InChI=1S/C11H13N3OS/c12-5-6-16-8-11(15)14-10-4-2-1-3-9(10)7-13/h1-4H,5-6,8,12H2,(H,14,15). The Balaban J connectivity index is 2.53. The summed E-state index contributed by atoms with van der Waals surface area (Å²) in [6, 6.07) is 8.95. The van der Waals surface area contributed by atoms with Crippen LogP contribution in [0.2, 0.25) is 0 Å². The van der Waals surface area contributed by atoms with E-state index in [4.69, 9.17) is 11.0 Å². The maximum absolute atomic E-state index is 11.5. The van der Waals surface area contributed by atoms with Crippen LogP contribution < -0.4 is 11.1 Å². The smallest absolute Gasteiger partial charge is 0.234 e. The number of anilines is 1. The zero-order valence-corrected chi connectivity index (χ0v) is 9.59. The molecule has 0 saturated carbocycles. The number of nitrogens with zero attached hydrogens (tertiary/aromatic N) is 1. The van der Waals surface area contributed by atoms with Gasteiger partial charge in [-0.2, -0.15) is 17.0 Å². The average Bonchev–Trinajstić information content (AvgIpc) is 2.30. The molecule has 0 unspecified atom stereocenters. The molecule has 1 rings (SSSR count). The zero-order valence-electron chi connectivity index (χ0n) is 8.77. The minimum Gasteiger partial charge on any atom is -0.330 e. The van der Waals surface area contributed by atoms with Gasteiger partial charge >= 0.3 is 0 Å². The maximum atomic E-state index is 11.5. The summed E-state index contributed by atoms with van der Waals surface area (Å²) >= 11 is 1.47. The molecule has 0 fully saturated rings. The van der Waals surface area contributed by atoms with Crippen LogP contribution in [0.4, 0.5) is 5.69 Å². The molecule has 0 aliphatic heterocycles. The fourth-order valence-electron chi connectivity index (χ4n) is 1.12. The van der Waals surface area contributed by atoms with Crippen molar-refractivity contribution in [3.8, 4) is 6.07 Å². The van der Waals surface area contributed by atoms with E-state index in [0.29, 0.717) is 23.5 Å². The van der Waals surface area contributed by atoms with Crippen molar-refractivity contribution in [3.63, 3.8) is 0 Å². The van der Waals surface area contributed by atoms with Crippen LogP contribution in [0.3, 0.4) is 0 Å². The maximum Gasteiger partial charge on any atom is 0.234 e. The molecular weight excluding hydrogens is 222 g/mol. The Morgan fingerprint density at radius 3 is 2.94 bits per heavy atom. The second-order valence-corrected chi connectivity index (χ2v) is 4.15. The number of nitrogens with one attached hydrogen (secondary N) is 1. The molecule has 0 heterocycles. The van der Waals surface area contributed by atoms with Gasteiger partial charge in [-0.1, -0.05) is 12.1 Å². The monoisotopic (exact) mass is 235 g/mol. The van der Waals surface area contributed by atoms with Gasteiger partial charge in [0.2, 0.25) is 5.91 Å². The Labute approximate surface area is 98.8 Å². The highest BCUT2D eigenvalue weighted by Gasteiger charge is 2.05. The fourth-order valence-corrected chi connectivity index (χ4v) is 1.69. The van der Waals surface area contributed by atoms with Crippen molar-refractivity contribution in [2.45, 2.75) is 0 Å². The molecule has 0 aromatic heterocycles. The molecule has 1 aromatic rings. The van der Waals surface area contributed by atoms with Gasteiger partial charge in [0.15, 0.2) is 0 Å². The van der Waals surface area contributed by atoms with Gasteiger partial charge in [-0.15, -0.1) is 0 Å². The fraction of sp³-hybridized carbons (Fsp3) is 0.273. The van der Waals surface area contributed by atoms with Crippen molar-refractivity contribution in [1.82, 2.24) is 0 Å². The number of benzene rings is 1. The van der Waals surface area contributed by atoms with E-state index in [1.54, 1.807) is 24.3 Å². The van der Waals surface area contributed by atoms with E-state index in [1.165, 1.54) is 11.8 Å². The Morgan fingerprint density at radius 2 is 2.25 bits per heavy atom. The highest BCUT2D eigenvalue weighted by Crippen LogP contribution is 2.13. The Hall–Kier alpha value is -1.51. The van der Waals surface area contributed by atoms with E-state index in [9.17, 15) is 4.79 Å². The Bertz CT molecular complexity index is 400. The highest BCUT2D eigenvalue weighted by atomic mass is 32.2. The lowest BCUT2D eigenvalue weighted by Crippen LogP contribution is -2.16. The molecular formula is C11H13N3OS. The number of hydrogen-bond donors (Lipinski definition) is 2. The lowest BCUT2D eigenvalue weighted by Gasteiger charge is -2.05. The Morgan fingerprint density at radius 1 is 1.50 bits per heavy atom. The highest BCUT2D eigenvalue weighted by molar-refractivity contribution is 7.99. The van der Waals surface area contributed by atoms with Gasteiger partial charge in [0.1, 0.15) is 6.07 Å². The van der Waals surface area contributed by atoms with Crippen LogP contribution in [0.5, 0.6) is 0 Å². The molecule has 0 spiro atoms. The van der Waals surface area contributed by atoms with E-state index in [2.05, 4.69) is 5.32 Å².